The highest BCUT2D eigenvalue weighted by Gasteiger charge is 2.51. The van der Waals surface area contributed by atoms with Gasteiger partial charge in [0, 0.05) is 13.0 Å². The molecule has 6 atom stereocenters. The molecule has 13 heteroatoms. The maximum Gasteiger partial charge on any atom is 0.472 e. The molecule has 0 spiro atoms. The van der Waals surface area contributed by atoms with Crippen molar-refractivity contribution in [2.24, 2.45) is 0 Å². The van der Waals surface area contributed by atoms with Gasteiger partial charge in [0.25, 0.3) is 0 Å². The van der Waals surface area contributed by atoms with E-state index in [1.165, 1.54) is 32.1 Å². The number of esters is 1. The van der Waals surface area contributed by atoms with Crippen LogP contribution in [0.5, 0.6) is 0 Å². The predicted octanol–water partition coefficient (Wildman–Crippen LogP) is 5.19. The van der Waals surface area contributed by atoms with Crippen LogP contribution in [0.2, 0.25) is 0 Å². The Morgan fingerprint density at radius 2 is 1.23 bits per heavy atom. The van der Waals surface area contributed by atoms with E-state index in [-0.39, 0.29) is 13.0 Å². The van der Waals surface area contributed by atoms with Crippen molar-refractivity contribution in [2.75, 3.05) is 19.8 Å². The van der Waals surface area contributed by atoms with Crippen molar-refractivity contribution >= 4 is 13.8 Å². The molecule has 1 fully saturated rings. The van der Waals surface area contributed by atoms with Gasteiger partial charge in [0.2, 0.25) is 0 Å². The average molecular weight is 707 g/mol. The molecule has 0 aliphatic heterocycles. The van der Waals surface area contributed by atoms with Crippen LogP contribution in [0.25, 0.3) is 0 Å². The molecule has 1 aliphatic carbocycles. The van der Waals surface area contributed by atoms with Gasteiger partial charge in [0.1, 0.15) is 42.7 Å². The first-order valence-electron chi connectivity index (χ1n) is 17.8. The summed E-state index contributed by atoms with van der Waals surface area (Å²) >= 11 is 0. The second-order valence-corrected chi connectivity index (χ2v) is 13.7. The Labute approximate surface area is 287 Å². The summed E-state index contributed by atoms with van der Waals surface area (Å²) in [6.45, 7) is 4.03. The van der Waals surface area contributed by atoms with Gasteiger partial charge in [-0.2, -0.15) is 0 Å². The van der Waals surface area contributed by atoms with E-state index in [1.54, 1.807) is 0 Å². The van der Waals surface area contributed by atoms with Gasteiger partial charge in [-0.1, -0.05) is 102 Å². The lowest BCUT2D eigenvalue weighted by Crippen LogP contribution is -2.64. The van der Waals surface area contributed by atoms with Crippen LogP contribution >= 0.6 is 7.82 Å². The van der Waals surface area contributed by atoms with Crippen molar-refractivity contribution in [3.63, 3.8) is 0 Å². The Morgan fingerprint density at radius 3 is 1.85 bits per heavy atom. The summed E-state index contributed by atoms with van der Waals surface area (Å²) in [6.07, 6.45) is 15.4. The molecular weight excluding hydrogens is 643 g/mol. The second kappa shape index (κ2) is 27.3. The number of hydrogen-bond acceptors (Lipinski definition) is 11. The molecular formula is C35H63O12P. The van der Waals surface area contributed by atoms with E-state index in [4.69, 9.17) is 18.5 Å². The Hall–Kier alpha value is -1.44. The number of phosphoric acid groups is 1. The first kappa shape index (κ1) is 44.6. The minimum Gasteiger partial charge on any atom is -0.457 e. The van der Waals surface area contributed by atoms with Gasteiger partial charge in [-0.05, 0) is 44.9 Å². The number of phosphoric ester groups is 1. The lowest BCUT2D eigenvalue weighted by atomic mass is 9.85. The van der Waals surface area contributed by atoms with Crippen LogP contribution in [0.1, 0.15) is 117 Å². The third-order valence-corrected chi connectivity index (χ3v) is 9.01. The van der Waals surface area contributed by atoms with Crippen LogP contribution in [-0.4, -0.2) is 98.9 Å². The topological polar surface area (TPSA) is 192 Å². The molecule has 6 N–H and O–H groups in total. The molecule has 0 heterocycles. The highest BCUT2D eigenvalue weighted by molar-refractivity contribution is 7.47. The summed E-state index contributed by atoms with van der Waals surface area (Å²) in [5.41, 5.74) is 0. The van der Waals surface area contributed by atoms with Crippen molar-refractivity contribution in [1.82, 2.24) is 0 Å². The molecule has 0 aromatic heterocycles. The van der Waals surface area contributed by atoms with E-state index in [2.05, 4.69) is 50.3 Å². The van der Waals surface area contributed by atoms with Crippen LogP contribution < -0.4 is 0 Å². The van der Waals surface area contributed by atoms with E-state index >= 15 is 0 Å². The molecule has 6 unspecified atom stereocenters. The van der Waals surface area contributed by atoms with Crippen LogP contribution in [0.3, 0.4) is 0 Å². The predicted molar refractivity (Wildman–Crippen MR) is 184 cm³/mol. The molecule has 0 aromatic carbocycles. The molecule has 48 heavy (non-hydrogen) atoms. The standard InChI is InChI=1S/C35H63O12P/c1-3-5-7-9-11-13-14-15-16-17-18-20-22-24-29(36)46-28(26-44-25-23-21-19-12-10-8-6-4-2)27-45-48(42,43)47-35-33(40)31(38)30(37)32(39)34(35)41/h5,7,11,13,15-16,28,30-35,37-41H,3-4,6,8-10,12,14,17-27H2,1-2H3,(H,42,43)/b7-5-,13-11-,16-15-. The molecule has 0 radical (unpaired) electrons. The largest absolute Gasteiger partial charge is 0.472 e. The van der Waals surface area contributed by atoms with E-state index in [1.807, 2.05) is 0 Å². The molecule has 0 saturated heterocycles. The number of carbonyl (C=O) groups excluding carboxylic acids is 1. The lowest BCUT2D eigenvalue weighted by molar-refractivity contribution is -0.220. The van der Waals surface area contributed by atoms with Crippen LogP contribution in [0.15, 0.2) is 36.5 Å². The van der Waals surface area contributed by atoms with Gasteiger partial charge in [-0.3, -0.25) is 13.8 Å². The minimum absolute atomic E-state index is 0.0886. The minimum atomic E-state index is -5.01. The van der Waals surface area contributed by atoms with Gasteiger partial charge < -0.3 is 39.9 Å². The molecule has 0 aromatic rings. The summed E-state index contributed by atoms with van der Waals surface area (Å²) in [4.78, 5) is 22.9. The molecule has 280 valence electrons. The second-order valence-electron chi connectivity index (χ2n) is 12.3. The number of carbonyl (C=O) groups is 1. The van der Waals surface area contributed by atoms with Gasteiger partial charge in [-0.25, -0.2) is 4.57 Å². The van der Waals surface area contributed by atoms with E-state index < -0.39 is 63.1 Å². The number of aliphatic hydroxyl groups is 5. The van der Waals surface area contributed by atoms with Crippen LogP contribution in [0.4, 0.5) is 0 Å². The number of aliphatic hydroxyl groups excluding tert-OH is 5. The lowest BCUT2D eigenvalue weighted by Gasteiger charge is -2.41. The third-order valence-electron chi connectivity index (χ3n) is 8.03. The number of hydrogen-bond donors (Lipinski definition) is 6. The number of unbranched alkanes of at least 4 members (excludes halogenated alkanes) is 10. The van der Waals surface area contributed by atoms with E-state index in [9.17, 15) is 39.8 Å². The summed E-state index contributed by atoms with van der Waals surface area (Å²) < 4.78 is 33.8. The van der Waals surface area contributed by atoms with E-state index in [0.717, 1.165) is 57.8 Å². The maximum absolute atomic E-state index is 12.7. The fourth-order valence-corrected chi connectivity index (χ4v) is 6.10. The van der Waals surface area contributed by atoms with E-state index in [0.29, 0.717) is 13.0 Å². The summed E-state index contributed by atoms with van der Waals surface area (Å²) in [7, 11) is -5.01. The van der Waals surface area contributed by atoms with Crippen molar-refractivity contribution in [3.8, 4) is 0 Å². The quantitative estimate of drug-likeness (QED) is 0.0271. The molecule has 1 rings (SSSR count). The van der Waals surface area contributed by atoms with Gasteiger partial charge in [-0.15, -0.1) is 0 Å². The number of allylic oxidation sites excluding steroid dienone is 6. The fraction of sp³-hybridized carbons (Fsp3) is 0.800. The third kappa shape index (κ3) is 20.3. The fourth-order valence-electron chi connectivity index (χ4n) is 5.13. The van der Waals surface area contributed by atoms with Crippen molar-refractivity contribution in [1.29, 1.82) is 0 Å². The highest BCUT2D eigenvalue weighted by Crippen LogP contribution is 2.47. The van der Waals surface area contributed by atoms with Gasteiger partial charge in [0.05, 0.1) is 13.2 Å². The zero-order chi connectivity index (χ0) is 35.6. The Bertz CT molecular complexity index is 942. The molecule has 12 nitrogen and oxygen atoms in total. The summed E-state index contributed by atoms with van der Waals surface area (Å²) in [6, 6.07) is 0. The molecule has 0 bridgehead atoms. The zero-order valence-electron chi connectivity index (χ0n) is 29.0. The number of ether oxygens (including phenoxy) is 2. The van der Waals surface area contributed by atoms with Crippen LogP contribution in [-0.2, 0) is 27.9 Å². The maximum atomic E-state index is 12.7. The summed E-state index contributed by atoms with van der Waals surface area (Å²) in [5.74, 6) is -0.510. The first-order valence-corrected chi connectivity index (χ1v) is 19.3. The smallest absolute Gasteiger partial charge is 0.457 e. The summed E-state index contributed by atoms with van der Waals surface area (Å²) in [5, 5.41) is 49.8. The first-order chi connectivity index (χ1) is 23.0. The monoisotopic (exact) mass is 706 g/mol. The zero-order valence-corrected chi connectivity index (χ0v) is 29.9. The molecule has 0 amide bonds. The number of rotatable bonds is 28. The van der Waals surface area contributed by atoms with Crippen molar-refractivity contribution in [2.45, 2.75) is 159 Å². The van der Waals surface area contributed by atoms with Gasteiger partial charge >= 0.3 is 13.8 Å². The Kier molecular flexibility index (Phi) is 25.4. The molecule has 1 saturated carbocycles. The van der Waals surface area contributed by atoms with Gasteiger partial charge in [0.15, 0.2) is 0 Å². The molecule has 1 aliphatic rings. The Morgan fingerprint density at radius 1 is 0.688 bits per heavy atom. The SMILES string of the molecule is CC/C=C\C/C=C\C/C=C\CCCCCC(=O)OC(COCCCCCCCCCC)COP(=O)(O)OC1C(O)C(O)C(O)C(O)C1O. The Balaban J connectivity index is 2.53. The van der Waals surface area contributed by atoms with Crippen molar-refractivity contribution < 1.29 is 58.3 Å². The normalized spacial score (nSPS) is 25.2. The van der Waals surface area contributed by atoms with Crippen molar-refractivity contribution in [3.05, 3.63) is 36.5 Å². The van der Waals surface area contributed by atoms with Crippen LogP contribution in [0, 0.1) is 0 Å². The highest BCUT2D eigenvalue weighted by atomic mass is 31.2. The average Bonchev–Trinajstić information content (AvgIpc) is 3.06.